The van der Waals surface area contributed by atoms with Gasteiger partial charge in [-0.3, -0.25) is 9.48 Å². The fourth-order valence-corrected chi connectivity index (χ4v) is 4.21. The number of hydrogen-bond acceptors (Lipinski definition) is 6. The summed E-state index contributed by atoms with van der Waals surface area (Å²) in [6.07, 6.45) is -5.66. The van der Waals surface area contributed by atoms with E-state index in [1.165, 1.54) is 21.5 Å². The molecule has 0 bridgehead atoms. The summed E-state index contributed by atoms with van der Waals surface area (Å²) in [5.41, 5.74) is -0.746. The molecule has 0 aliphatic heterocycles. The second-order valence-electron chi connectivity index (χ2n) is 10.0. The maximum absolute atomic E-state index is 13.6. The number of rotatable bonds is 6. The Hall–Kier alpha value is -3.71. The lowest BCUT2D eigenvalue weighted by atomic mass is 9.92. The zero-order valence-corrected chi connectivity index (χ0v) is 20.9. The first-order valence-electron chi connectivity index (χ1n) is 12.0. The van der Waals surface area contributed by atoms with E-state index in [-0.39, 0.29) is 23.6 Å². The molecular formula is C24H27F5N6O3. The number of carbonyl (C=O) groups is 2. The number of fused-ring (bicyclic) bond motifs is 1. The third-order valence-electron chi connectivity index (χ3n) is 6.15. The van der Waals surface area contributed by atoms with Crippen LogP contribution in [0.5, 0.6) is 0 Å². The second-order valence-corrected chi connectivity index (χ2v) is 10.0. The van der Waals surface area contributed by atoms with Gasteiger partial charge in [0, 0.05) is 6.20 Å². The third-order valence-corrected chi connectivity index (χ3v) is 6.15. The molecule has 0 radical (unpaired) electrons. The molecule has 1 aliphatic carbocycles. The Bertz CT molecular complexity index is 1330. The van der Waals surface area contributed by atoms with Gasteiger partial charge in [-0.15, -0.1) is 5.10 Å². The van der Waals surface area contributed by atoms with Gasteiger partial charge in [-0.05, 0) is 64.3 Å². The first-order chi connectivity index (χ1) is 17.7. The number of aromatic nitrogens is 4. The van der Waals surface area contributed by atoms with Gasteiger partial charge in [0.25, 0.3) is 12.3 Å². The lowest BCUT2D eigenvalue weighted by Crippen LogP contribution is -2.42. The summed E-state index contributed by atoms with van der Waals surface area (Å²) in [4.78, 5) is 24.4. The number of ether oxygens (including phenoxy) is 1. The number of halogens is 5. The summed E-state index contributed by atoms with van der Waals surface area (Å²) in [6.45, 7) is 5.34. The largest absolute Gasteiger partial charge is 0.490 e. The summed E-state index contributed by atoms with van der Waals surface area (Å²) in [5.74, 6) is -2.72. The summed E-state index contributed by atoms with van der Waals surface area (Å²) < 4.78 is 72.6. The van der Waals surface area contributed by atoms with Crippen LogP contribution < -0.4 is 10.6 Å². The molecule has 3 heterocycles. The van der Waals surface area contributed by atoms with Crippen molar-refractivity contribution in [2.45, 2.75) is 76.7 Å². The molecule has 3 aromatic heterocycles. The molecule has 4 rings (SSSR count). The van der Waals surface area contributed by atoms with Crippen LogP contribution in [0.25, 0.3) is 5.52 Å². The van der Waals surface area contributed by atoms with E-state index in [0.717, 1.165) is 0 Å². The van der Waals surface area contributed by atoms with Crippen molar-refractivity contribution in [2.75, 3.05) is 10.6 Å². The molecule has 206 valence electrons. The summed E-state index contributed by atoms with van der Waals surface area (Å²) in [5, 5.41) is 13.8. The number of carbonyl (C=O) groups excluding carboxylic acids is 2. The van der Waals surface area contributed by atoms with Crippen molar-refractivity contribution in [3.63, 3.8) is 0 Å². The van der Waals surface area contributed by atoms with E-state index in [1.54, 1.807) is 39.0 Å². The highest BCUT2D eigenvalue weighted by atomic mass is 19.4. The van der Waals surface area contributed by atoms with Gasteiger partial charge in [0.1, 0.15) is 17.6 Å². The van der Waals surface area contributed by atoms with E-state index in [4.69, 9.17) is 4.74 Å². The van der Waals surface area contributed by atoms with Crippen molar-refractivity contribution in [3.05, 3.63) is 41.9 Å². The summed E-state index contributed by atoms with van der Waals surface area (Å²) in [6, 6.07) is 5.66. The highest BCUT2D eigenvalue weighted by molar-refractivity contribution is 6.04. The molecule has 0 spiro atoms. The van der Waals surface area contributed by atoms with Crippen LogP contribution in [-0.4, -0.2) is 49.6 Å². The van der Waals surface area contributed by atoms with Gasteiger partial charge < -0.3 is 15.4 Å². The number of nitrogens with one attached hydrogen (secondary N) is 2. The van der Waals surface area contributed by atoms with Crippen molar-refractivity contribution >= 4 is 28.9 Å². The SMILES string of the molecule is CC(C)(C)n1cc(NC(=O)c2ccc3ccc(N[C@@H]4CCCC[C@@H]4OC(=O)C(F)(F)F)nn23)c(C(F)F)n1. The molecule has 0 unspecified atom stereocenters. The topological polar surface area (TPSA) is 103 Å². The van der Waals surface area contributed by atoms with E-state index in [2.05, 4.69) is 20.8 Å². The molecule has 2 atom stereocenters. The molecule has 0 aromatic carbocycles. The fraction of sp³-hybridized carbons (Fsp3) is 0.500. The molecule has 14 heteroatoms. The Morgan fingerprint density at radius 1 is 1.05 bits per heavy atom. The predicted octanol–water partition coefficient (Wildman–Crippen LogP) is 5.30. The summed E-state index contributed by atoms with van der Waals surface area (Å²) >= 11 is 0. The van der Waals surface area contributed by atoms with Crippen molar-refractivity contribution in [3.8, 4) is 0 Å². The van der Waals surface area contributed by atoms with Crippen LogP contribution >= 0.6 is 0 Å². The Labute approximate surface area is 214 Å². The molecule has 3 aromatic rings. The van der Waals surface area contributed by atoms with Crippen molar-refractivity contribution in [2.24, 2.45) is 0 Å². The van der Waals surface area contributed by atoms with E-state index in [1.807, 2.05) is 0 Å². The van der Waals surface area contributed by atoms with Crippen LogP contribution in [0.4, 0.5) is 33.5 Å². The van der Waals surface area contributed by atoms with Crippen molar-refractivity contribution in [1.82, 2.24) is 19.4 Å². The molecule has 1 amide bonds. The average molecular weight is 543 g/mol. The van der Waals surface area contributed by atoms with Crippen molar-refractivity contribution in [1.29, 1.82) is 0 Å². The van der Waals surface area contributed by atoms with E-state index < -0.39 is 47.9 Å². The van der Waals surface area contributed by atoms with Gasteiger partial charge in [0.05, 0.1) is 22.8 Å². The van der Waals surface area contributed by atoms with Crippen LogP contribution in [0.15, 0.2) is 30.5 Å². The van der Waals surface area contributed by atoms with Crippen LogP contribution in [0.1, 0.15) is 69.1 Å². The van der Waals surface area contributed by atoms with Gasteiger partial charge in [-0.25, -0.2) is 18.1 Å². The Morgan fingerprint density at radius 2 is 1.74 bits per heavy atom. The number of anilines is 2. The first-order valence-corrected chi connectivity index (χ1v) is 12.0. The number of alkyl halides is 5. The minimum atomic E-state index is -5.10. The zero-order valence-electron chi connectivity index (χ0n) is 20.9. The molecule has 0 saturated heterocycles. The van der Waals surface area contributed by atoms with Gasteiger partial charge in [0.15, 0.2) is 5.69 Å². The van der Waals surface area contributed by atoms with E-state index in [0.29, 0.717) is 24.8 Å². The smallest absolute Gasteiger partial charge is 0.454 e. The van der Waals surface area contributed by atoms with Crippen LogP contribution in [-0.2, 0) is 15.1 Å². The predicted molar refractivity (Wildman–Crippen MR) is 127 cm³/mol. The van der Waals surface area contributed by atoms with E-state index in [9.17, 15) is 31.5 Å². The van der Waals surface area contributed by atoms with Crippen molar-refractivity contribution < 1.29 is 36.3 Å². The van der Waals surface area contributed by atoms with E-state index >= 15 is 0 Å². The molecule has 1 aliphatic rings. The minimum Gasteiger partial charge on any atom is -0.454 e. The molecule has 2 N–H and O–H groups in total. The second kappa shape index (κ2) is 10.2. The molecular weight excluding hydrogens is 515 g/mol. The molecule has 9 nitrogen and oxygen atoms in total. The van der Waals surface area contributed by atoms with Gasteiger partial charge >= 0.3 is 12.1 Å². The molecule has 1 saturated carbocycles. The zero-order chi connectivity index (χ0) is 27.8. The number of esters is 1. The standard InChI is InChI=1S/C24H27F5N6O3/c1-23(2,3)34-12-15(19(33-34)20(25)26)31-21(36)16-10-8-13-9-11-18(32-35(13)16)30-14-6-4-5-7-17(14)38-22(37)24(27,28)29/h8-12,14,17,20H,4-7H2,1-3H3,(H,30,32)(H,31,36)/t14-,17+/m1/s1. The number of hydrogen-bond donors (Lipinski definition) is 2. The van der Waals surface area contributed by atoms with Gasteiger partial charge in [0.2, 0.25) is 0 Å². The Balaban J connectivity index is 1.56. The first kappa shape index (κ1) is 27.3. The third kappa shape index (κ3) is 5.89. The molecule has 1 fully saturated rings. The van der Waals surface area contributed by atoms with Crippen LogP contribution in [0.2, 0.25) is 0 Å². The number of nitrogens with zero attached hydrogens (tertiary/aromatic N) is 4. The van der Waals surface area contributed by atoms with Gasteiger partial charge in [-0.2, -0.15) is 18.3 Å². The Morgan fingerprint density at radius 3 is 2.39 bits per heavy atom. The highest BCUT2D eigenvalue weighted by Gasteiger charge is 2.43. The number of amides is 1. The normalized spacial score (nSPS) is 18.6. The fourth-order valence-electron chi connectivity index (χ4n) is 4.21. The monoisotopic (exact) mass is 542 g/mol. The van der Waals surface area contributed by atoms with Gasteiger partial charge in [-0.1, -0.05) is 6.42 Å². The Kier molecular flexibility index (Phi) is 7.35. The maximum Gasteiger partial charge on any atom is 0.490 e. The quantitative estimate of drug-likeness (QED) is 0.324. The van der Waals surface area contributed by atoms with Crippen LogP contribution in [0, 0.1) is 0 Å². The minimum absolute atomic E-state index is 0.0380. The summed E-state index contributed by atoms with van der Waals surface area (Å²) in [7, 11) is 0. The molecule has 38 heavy (non-hydrogen) atoms. The van der Waals surface area contributed by atoms with Crippen LogP contribution in [0.3, 0.4) is 0 Å². The lowest BCUT2D eigenvalue weighted by molar-refractivity contribution is -0.206. The highest BCUT2D eigenvalue weighted by Crippen LogP contribution is 2.30. The lowest BCUT2D eigenvalue weighted by Gasteiger charge is -2.32. The average Bonchev–Trinajstić information content (AvgIpc) is 3.44. The maximum atomic E-state index is 13.6.